The average molecular weight is 454 g/mol. The van der Waals surface area contributed by atoms with E-state index in [9.17, 15) is 24.0 Å². The van der Waals surface area contributed by atoms with Gasteiger partial charge >= 0.3 is 11.9 Å². The summed E-state index contributed by atoms with van der Waals surface area (Å²) >= 11 is 0. The lowest BCUT2D eigenvalue weighted by molar-refractivity contribution is -0.139. The van der Waals surface area contributed by atoms with E-state index in [1.54, 1.807) is 13.8 Å². The Hall–Kier alpha value is -3.48. The van der Waals surface area contributed by atoms with Gasteiger partial charge in [-0.25, -0.2) is 4.98 Å². The number of imidazole rings is 1. The van der Waals surface area contributed by atoms with Crippen molar-refractivity contribution in [3.8, 4) is 0 Å². The van der Waals surface area contributed by atoms with Crippen molar-refractivity contribution < 1.29 is 34.2 Å². The molecule has 0 spiro atoms. The lowest BCUT2D eigenvalue weighted by atomic mass is 9.97. The standard InChI is InChI=1S/C19H30N6O7/c1-3-10(2)16(19(32)22-8-15(28)29)25-18(31)13(6-11-7-21-9-23-11)24-17(30)12(20)4-5-14(26)27/h7,9-10,12-13,16H,3-6,8,20H2,1-2H3,(H,21,23)(H,22,32)(H,24,30)(H,25,31)(H,26,27)(H,28,29). The summed E-state index contributed by atoms with van der Waals surface area (Å²) in [6.45, 7) is 2.92. The Kier molecular flexibility index (Phi) is 10.8. The first kappa shape index (κ1) is 26.6. The summed E-state index contributed by atoms with van der Waals surface area (Å²) in [5, 5.41) is 24.8. The number of hydrogen-bond donors (Lipinski definition) is 7. The van der Waals surface area contributed by atoms with E-state index in [2.05, 4.69) is 25.9 Å². The van der Waals surface area contributed by atoms with Crippen LogP contribution in [0.25, 0.3) is 0 Å². The number of amides is 3. The van der Waals surface area contributed by atoms with Gasteiger partial charge < -0.3 is 36.9 Å². The van der Waals surface area contributed by atoms with Crippen molar-refractivity contribution in [1.29, 1.82) is 0 Å². The first-order chi connectivity index (χ1) is 15.0. The Labute approximate surface area is 184 Å². The predicted octanol–water partition coefficient (Wildman–Crippen LogP) is -1.64. The molecule has 0 radical (unpaired) electrons. The van der Waals surface area contributed by atoms with Crippen LogP contribution in [0.15, 0.2) is 12.5 Å². The van der Waals surface area contributed by atoms with Crippen molar-refractivity contribution in [3.63, 3.8) is 0 Å². The highest BCUT2D eigenvalue weighted by atomic mass is 16.4. The number of aromatic amines is 1. The molecular formula is C19H30N6O7. The van der Waals surface area contributed by atoms with Gasteiger partial charge in [-0.05, 0) is 12.3 Å². The van der Waals surface area contributed by atoms with Gasteiger partial charge in [0, 0.05) is 24.7 Å². The summed E-state index contributed by atoms with van der Waals surface area (Å²) in [4.78, 5) is 65.9. The van der Waals surface area contributed by atoms with Crippen LogP contribution < -0.4 is 21.7 Å². The molecule has 0 saturated carbocycles. The molecule has 0 saturated heterocycles. The van der Waals surface area contributed by atoms with Crippen LogP contribution in [-0.2, 0) is 30.4 Å². The first-order valence-corrected chi connectivity index (χ1v) is 10.1. The van der Waals surface area contributed by atoms with E-state index < -0.39 is 54.3 Å². The van der Waals surface area contributed by atoms with E-state index in [0.717, 1.165) is 0 Å². The number of hydrogen-bond acceptors (Lipinski definition) is 7. The summed E-state index contributed by atoms with van der Waals surface area (Å²) in [6.07, 6.45) is 2.95. The van der Waals surface area contributed by atoms with Crippen LogP contribution in [0.1, 0.15) is 38.8 Å². The van der Waals surface area contributed by atoms with Gasteiger partial charge in [-0.2, -0.15) is 0 Å². The minimum Gasteiger partial charge on any atom is -0.481 e. The average Bonchev–Trinajstić information content (AvgIpc) is 3.25. The second kappa shape index (κ2) is 13.0. The van der Waals surface area contributed by atoms with E-state index >= 15 is 0 Å². The summed E-state index contributed by atoms with van der Waals surface area (Å²) in [6, 6.07) is -3.32. The van der Waals surface area contributed by atoms with Gasteiger partial charge in [0.1, 0.15) is 18.6 Å². The van der Waals surface area contributed by atoms with Crippen LogP contribution in [-0.4, -0.2) is 74.5 Å². The van der Waals surface area contributed by atoms with Gasteiger partial charge in [-0.3, -0.25) is 24.0 Å². The number of aromatic nitrogens is 2. The Morgan fingerprint density at radius 1 is 1.09 bits per heavy atom. The quantitative estimate of drug-likeness (QED) is 0.171. The zero-order valence-electron chi connectivity index (χ0n) is 18.0. The van der Waals surface area contributed by atoms with E-state index in [1.165, 1.54) is 12.5 Å². The molecule has 1 aromatic rings. The Bertz CT molecular complexity index is 798. The summed E-state index contributed by atoms with van der Waals surface area (Å²) in [7, 11) is 0. The van der Waals surface area contributed by atoms with Crippen LogP contribution in [0.3, 0.4) is 0 Å². The lowest BCUT2D eigenvalue weighted by Gasteiger charge is -2.26. The largest absolute Gasteiger partial charge is 0.481 e. The molecule has 0 aromatic carbocycles. The van der Waals surface area contributed by atoms with Crippen molar-refractivity contribution >= 4 is 29.7 Å². The molecular weight excluding hydrogens is 424 g/mol. The fraction of sp³-hybridized carbons (Fsp3) is 0.579. The molecule has 1 aromatic heterocycles. The third kappa shape index (κ3) is 9.12. The maximum Gasteiger partial charge on any atom is 0.322 e. The smallest absolute Gasteiger partial charge is 0.322 e. The summed E-state index contributed by atoms with van der Waals surface area (Å²) in [5.41, 5.74) is 6.26. The third-order valence-corrected chi connectivity index (χ3v) is 4.82. The normalized spacial score (nSPS) is 14.5. The van der Waals surface area contributed by atoms with Crippen molar-refractivity contribution in [2.75, 3.05) is 6.54 Å². The lowest BCUT2D eigenvalue weighted by Crippen LogP contribution is -2.58. The molecule has 8 N–H and O–H groups in total. The number of carboxylic acid groups (broad SMARTS) is 2. The second-order valence-electron chi connectivity index (χ2n) is 7.36. The Morgan fingerprint density at radius 3 is 2.31 bits per heavy atom. The number of H-pyrrole nitrogens is 1. The maximum atomic E-state index is 13.0. The van der Waals surface area contributed by atoms with E-state index in [-0.39, 0.29) is 25.2 Å². The molecule has 178 valence electrons. The highest BCUT2D eigenvalue weighted by molar-refractivity contribution is 5.94. The molecule has 0 fully saturated rings. The van der Waals surface area contributed by atoms with Crippen molar-refractivity contribution in [1.82, 2.24) is 25.9 Å². The molecule has 32 heavy (non-hydrogen) atoms. The van der Waals surface area contributed by atoms with Crippen LogP contribution in [0, 0.1) is 5.92 Å². The maximum absolute atomic E-state index is 13.0. The van der Waals surface area contributed by atoms with Crippen molar-refractivity contribution in [3.05, 3.63) is 18.2 Å². The minimum atomic E-state index is -1.23. The van der Waals surface area contributed by atoms with Gasteiger partial charge in [0.05, 0.1) is 12.4 Å². The molecule has 0 bridgehead atoms. The highest BCUT2D eigenvalue weighted by Gasteiger charge is 2.31. The Morgan fingerprint density at radius 2 is 1.78 bits per heavy atom. The zero-order chi connectivity index (χ0) is 24.3. The topological polar surface area (TPSA) is 217 Å². The molecule has 0 aliphatic heterocycles. The van der Waals surface area contributed by atoms with E-state index in [4.69, 9.17) is 15.9 Å². The monoisotopic (exact) mass is 454 g/mol. The number of carbonyl (C=O) groups is 5. The SMILES string of the molecule is CCC(C)C(NC(=O)C(Cc1cnc[nH]1)NC(=O)C(N)CCC(=O)O)C(=O)NCC(=O)O. The van der Waals surface area contributed by atoms with Gasteiger partial charge in [0.2, 0.25) is 17.7 Å². The molecule has 13 heteroatoms. The first-order valence-electron chi connectivity index (χ1n) is 10.1. The van der Waals surface area contributed by atoms with Gasteiger partial charge in [-0.1, -0.05) is 20.3 Å². The molecule has 4 atom stereocenters. The molecule has 0 aliphatic carbocycles. The number of aliphatic carboxylic acids is 2. The van der Waals surface area contributed by atoms with Crippen LogP contribution >= 0.6 is 0 Å². The third-order valence-electron chi connectivity index (χ3n) is 4.82. The Balaban J connectivity index is 2.96. The van der Waals surface area contributed by atoms with E-state index in [0.29, 0.717) is 12.1 Å². The number of carboxylic acids is 2. The van der Waals surface area contributed by atoms with Crippen molar-refractivity contribution in [2.24, 2.45) is 11.7 Å². The molecule has 3 amide bonds. The number of nitrogens with zero attached hydrogens (tertiary/aromatic N) is 1. The second-order valence-corrected chi connectivity index (χ2v) is 7.36. The minimum absolute atomic E-state index is 0.00714. The summed E-state index contributed by atoms with van der Waals surface area (Å²) in [5.74, 6) is -4.74. The number of carbonyl (C=O) groups excluding carboxylic acids is 3. The fourth-order valence-electron chi connectivity index (χ4n) is 2.74. The molecule has 1 rings (SSSR count). The fourth-order valence-corrected chi connectivity index (χ4v) is 2.74. The molecule has 13 nitrogen and oxygen atoms in total. The zero-order valence-corrected chi connectivity index (χ0v) is 18.0. The van der Waals surface area contributed by atoms with Crippen LogP contribution in [0.2, 0.25) is 0 Å². The molecule has 1 heterocycles. The highest BCUT2D eigenvalue weighted by Crippen LogP contribution is 2.09. The van der Waals surface area contributed by atoms with Gasteiger partial charge in [0.25, 0.3) is 0 Å². The van der Waals surface area contributed by atoms with Crippen LogP contribution in [0.5, 0.6) is 0 Å². The summed E-state index contributed by atoms with van der Waals surface area (Å²) < 4.78 is 0. The molecule has 4 unspecified atom stereocenters. The van der Waals surface area contributed by atoms with Crippen molar-refractivity contribution in [2.45, 2.75) is 57.7 Å². The van der Waals surface area contributed by atoms with E-state index in [1.807, 2.05) is 0 Å². The predicted molar refractivity (Wildman–Crippen MR) is 111 cm³/mol. The number of nitrogens with two attached hydrogens (primary N) is 1. The van der Waals surface area contributed by atoms with Gasteiger partial charge in [-0.15, -0.1) is 0 Å². The van der Waals surface area contributed by atoms with Gasteiger partial charge in [0.15, 0.2) is 0 Å². The number of rotatable bonds is 14. The number of nitrogens with one attached hydrogen (secondary N) is 4. The molecule has 0 aliphatic rings. The van der Waals surface area contributed by atoms with Crippen LogP contribution in [0.4, 0.5) is 0 Å².